The third-order valence-corrected chi connectivity index (χ3v) is 4.12. The fourth-order valence-corrected chi connectivity index (χ4v) is 2.85. The van der Waals surface area contributed by atoms with Crippen LogP contribution in [-0.4, -0.2) is 8.42 Å². The smallest absolute Gasteiger partial charge is 0.238 e. The summed E-state index contributed by atoms with van der Waals surface area (Å²) in [5.74, 6) is 1.21. The van der Waals surface area contributed by atoms with E-state index >= 15 is 0 Å². The van der Waals surface area contributed by atoms with Gasteiger partial charge in [0.1, 0.15) is 11.5 Å². The van der Waals surface area contributed by atoms with Crippen LogP contribution in [0, 0.1) is 13.8 Å². The molecule has 0 fully saturated rings. The SMILES string of the molecule is Cc1cc(Cl)ccc1Oc1ccc(S(N)(=O)=O)c(C)c1. The minimum absolute atomic E-state index is 0.0951. The summed E-state index contributed by atoms with van der Waals surface area (Å²) >= 11 is 5.88. The second-order valence-electron chi connectivity index (χ2n) is 4.48. The Morgan fingerprint density at radius 2 is 1.75 bits per heavy atom. The third-order valence-electron chi connectivity index (χ3n) is 2.82. The minimum atomic E-state index is -3.71. The van der Waals surface area contributed by atoms with Crippen LogP contribution in [0.15, 0.2) is 41.3 Å². The summed E-state index contributed by atoms with van der Waals surface area (Å²) in [7, 11) is -3.71. The molecule has 0 heterocycles. The van der Waals surface area contributed by atoms with Crippen LogP contribution in [0.25, 0.3) is 0 Å². The van der Waals surface area contributed by atoms with Crippen molar-refractivity contribution in [3.8, 4) is 11.5 Å². The van der Waals surface area contributed by atoms with Crippen LogP contribution >= 0.6 is 11.6 Å². The fourth-order valence-electron chi connectivity index (χ4n) is 1.86. The average Bonchev–Trinajstić information content (AvgIpc) is 2.31. The van der Waals surface area contributed by atoms with Crippen molar-refractivity contribution in [2.45, 2.75) is 18.7 Å². The molecule has 2 aromatic carbocycles. The second-order valence-corrected chi connectivity index (χ2v) is 6.45. The van der Waals surface area contributed by atoms with Crippen LogP contribution in [0.5, 0.6) is 11.5 Å². The quantitative estimate of drug-likeness (QED) is 0.944. The van der Waals surface area contributed by atoms with Crippen LogP contribution in [0.3, 0.4) is 0 Å². The Morgan fingerprint density at radius 1 is 1.05 bits per heavy atom. The van der Waals surface area contributed by atoms with Gasteiger partial charge in [-0.1, -0.05) is 11.6 Å². The molecule has 0 aromatic heterocycles. The molecule has 0 radical (unpaired) electrons. The lowest BCUT2D eigenvalue weighted by Gasteiger charge is -2.11. The molecule has 2 rings (SSSR count). The number of hydrogen-bond donors (Lipinski definition) is 1. The van der Waals surface area contributed by atoms with Crippen molar-refractivity contribution in [1.82, 2.24) is 0 Å². The van der Waals surface area contributed by atoms with Gasteiger partial charge in [-0.15, -0.1) is 0 Å². The fraction of sp³-hybridized carbons (Fsp3) is 0.143. The Morgan fingerprint density at radius 3 is 2.30 bits per heavy atom. The predicted molar refractivity (Wildman–Crippen MR) is 78.8 cm³/mol. The lowest BCUT2D eigenvalue weighted by molar-refractivity contribution is 0.478. The monoisotopic (exact) mass is 311 g/mol. The van der Waals surface area contributed by atoms with Gasteiger partial charge in [-0.25, -0.2) is 13.6 Å². The number of primary sulfonamides is 1. The average molecular weight is 312 g/mol. The van der Waals surface area contributed by atoms with Crippen molar-refractivity contribution in [3.63, 3.8) is 0 Å². The van der Waals surface area contributed by atoms with Gasteiger partial charge in [0.05, 0.1) is 4.90 Å². The maximum Gasteiger partial charge on any atom is 0.238 e. The highest BCUT2D eigenvalue weighted by Gasteiger charge is 2.12. The standard InChI is InChI=1S/C14H14ClNO3S/c1-9-7-11(15)3-5-13(9)19-12-4-6-14(10(2)8-12)20(16,17)18/h3-8H,1-2H3,(H2,16,17,18). The van der Waals surface area contributed by atoms with Gasteiger partial charge in [0.15, 0.2) is 0 Å². The number of benzene rings is 2. The molecule has 0 saturated carbocycles. The number of hydrogen-bond acceptors (Lipinski definition) is 3. The van der Waals surface area contributed by atoms with Crippen molar-refractivity contribution >= 4 is 21.6 Å². The molecule has 0 unspecified atom stereocenters. The van der Waals surface area contributed by atoms with E-state index in [0.29, 0.717) is 22.1 Å². The molecule has 0 aliphatic rings. The number of sulfonamides is 1. The van der Waals surface area contributed by atoms with E-state index in [1.54, 1.807) is 37.3 Å². The molecule has 0 atom stereocenters. The number of aryl methyl sites for hydroxylation is 2. The summed E-state index contributed by atoms with van der Waals surface area (Å²) in [5.41, 5.74) is 1.43. The van der Waals surface area contributed by atoms with Gasteiger partial charge in [0, 0.05) is 5.02 Å². The van der Waals surface area contributed by atoms with Crippen LogP contribution in [0.1, 0.15) is 11.1 Å². The first-order valence-electron chi connectivity index (χ1n) is 5.85. The van der Waals surface area contributed by atoms with Gasteiger partial charge in [0.2, 0.25) is 10.0 Å². The van der Waals surface area contributed by atoms with Crippen LogP contribution in [0.2, 0.25) is 5.02 Å². The number of halogens is 1. The number of nitrogens with two attached hydrogens (primary N) is 1. The highest BCUT2D eigenvalue weighted by molar-refractivity contribution is 7.89. The van der Waals surface area contributed by atoms with Gasteiger partial charge in [-0.05, 0) is 61.4 Å². The molecule has 0 amide bonds. The van der Waals surface area contributed by atoms with Crippen molar-refractivity contribution in [1.29, 1.82) is 0 Å². The minimum Gasteiger partial charge on any atom is -0.457 e. The van der Waals surface area contributed by atoms with E-state index < -0.39 is 10.0 Å². The molecule has 106 valence electrons. The Hall–Kier alpha value is -1.56. The molecule has 0 saturated heterocycles. The zero-order chi connectivity index (χ0) is 14.9. The molecular weight excluding hydrogens is 298 g/mol. The summed E-state index contributed by atoms with van der Waals surface area (Å²) in [5, 5.41) is 5.75. The van der Waals surface area contributed by atoms with Crippen molar-refractivity contribution in [2.75, 3.05) is 0 Å². The van der Waals surface area contributed by atoms with E-state index in [1.165, 1.54) is 6.07 Å². The summed E-state index contributed by atoms with van der Waals surface area (Å²) in [4.78, 5) is 0.0951. The first-order chi connectivity index (χ1) is 9.27. The van der Waals surface area contributed by atoms with Gasteiger partial charge in [0.25, 0.3) is 0 Å². The Kier molecular flexibility index (Phi) is 4.04. The Labute approximate surface area is 123 Å². The number of rotatable bonds is 3. The van der Waals surface area contributed by atoms with E-state index in [2.05, 4.69) is 0 Å². The zero-order valence-corrected chi connectivity index (χ0v) is 12.6. The van der Waals surface area contributed by atoms with Crippen molar-refractivity contribution in [3.05, 3.63) is 52.5 Å². The lowest BCUT2D eigenvalue weighted by Crippen LogP contribution is -2.13. The van der Waals surface area contributed by atoms with Crippen LogP contribution in [-0.2, 0) is 10.0 Å². The maximum atomic E-state index is 11.3. The largest absolute Gasteiger partial charge is 0.457 e. The predicted octanol–water partition coefficient (Wildman–Crippen LogP) is 3.40. The molecule has 0 aliphatic carbocycles. The van der Waals surface area contributed by atoms with E-state index in [4.69, 9.17) is 21.5 Å². The summed E-state index contributed by atoms with van der Waals surface area (Å²) in [6.07, 6.45) is 0. The van der Waals surface area contributed by atoms with Gasteiger partial charge in [-0.2, -0.15) is 0 Å². The van der Waals surface area contributed by atoms with Crippen molar-refractivity contribution in [2.24, 2.45) is 5.14 Å². The maximum absolute atomic E-state index is 11.3. The molecule has 0 bridgehead atoms. The van der Waals surface area contributed by atoms with Gasteiger partial charge in [-0.3, -0.25) is 0 Å². The molecule has 0 spiro atoms. The van der Waals surface area contributed by atoms with E-state index in [0.717, 1.165) is 5.56 Å². The van der Waals surface area contributed by atoms with E-state index in [1.807, 2.05) is 6.92 Å². The third kappa shape index (κ3) is 3.30. The molecule has 4 nitrogen and oxygen atoms in total. The lowest BCUT2D eigenvalue weighted by atomic mass is 10.2. The molecule has 2 aromatic rings. The van der Waals surface area contributed by atoms with Crippen molar-refractivity contribution < 1.29 is 13.2 Å². The topological polar surface area (TPSA) is 69.4 Å². The van der Waals surface area contributed by atoms with E-state index in [9.17, 15) is 8.42 Å². The van der Waals surface area contributed by atoms with Crippen LogP contribution in [0.4, 0.5) is 0 Å². The van der Waals surface area contributed by atoms with Gasteiger partial charge >= 0.3 is 0 Å². The Balaban J connectivity index is 2.34. The molecule has 2 N–H and O–H groups in total. The van der Waals surface area contributed by atoms with E-state index in [-0.39, 0.29) is 4.90 Å². The summed E-state index contributed by atoms with van der Waals surface area (Å²) < 4.78 is 28.4. The highest BCUT2D eigenvalue weighted by atomic mass is 35.5. The molecule has 6 heteroatoms. The molecule has 0 aliphatic heterocycles. The second kappa shape index (κ2) is 5.44. The van der Waals surface area contributed by atoms with Crippen LogP contribution < -0.4 is 9.88 Å². The Bertz CT molecular complexity index is 757. The number of ether oxygens (including phenoxy) is 1. The zero-order valence-electron chi connectivity index (χ0n) is 11.1. The normalized spacial score (nSPS) is 11.4. The summed E-state index contributed by atoms with van der Waals surface area (Å²) in [6.45, 7) is 3.55. The molecule has 20 heavy (non-hydrogen) atoms. The first kappa shape index (κ1) is 14.8. The first-order valence-corrected chi connectivity index (χ1v) is 7.77. The highest BCUT2D eigenvalue weighted by Crippen LogP contribution is 2.29. The van der Waals surface area contributed by atoms with Gasteiger partial charge < -0.3 is 4.74 Å². The molecular formula is C14H14ClNO3S. The summed E-state index contributed by atoms with van der Waals surface area (Å²) in [6, 6.07) is 9.93.